The Morgan fingerprint density at radius 1 is 1.12 bits per heavy atom. The van der Waals surface area contributed by atoms with Gasteiger partial charge in [-0.1, -0.05) is 35.3 Å². The quantitative estimate of drug-likeness (QED) is 0.555. The molecule has 0 bridgehead atoms. The number of benzene rings is 2. The van der Waals surface area contributed by atoms with Crippen LogP contribution in [0.25, 0.3) is 0 Å². The number of para-hydroxylation sites is 1. The van der Waals surface area contributed by atoms with Gasteiger partial charge in [0.15, 0.2) is 13.2 Å². The molecule has 5 nitrogen and oxygen atoms in total. The van der Waals surface area contributed by atoms with Crippen molar-refractivity contribution < 1.29 is 19.1 Å². The van der Waals surface area contributed by atoms with Crippen LogP contribution in [0, 0.1) is 0 Å². The number of anilines is 1. The van der Waals surface area contributed by atoms with Crippen molar-refractivity contribution in [3.05, 3.63) is 52.5 Å². The topological polar surface area (TPSA) is 64.6 Å². The molecule has 2 rings (SSSR count). The predicted molar refractivity (Wildman–Crippen MR) is 99.8 cm³/mol. The van der Waals surface area contributed by atoms with Gasteiger partial charge in [-0.3, -0.25) is 4.79 Å². The highest BCUT2D eigenvalue weighted by molar-refractivity contribution is 7.98. The van der Waals surface area contributed by atoms with Gasteiger partial charge in [0.25, 0.3) is 5.91 Å². The summed E-state index contributed by atoms with van der Waals surface area (Å²) >= 11 is 13.2. The highest BCUT2D eigenvalue weighted by Gasteiger charge is 2.11. The second-order valence-corrected chi connectivity index (χ2v) is 6.46. The predicted octanol–water partition coefficient (Wildman–Crippen LogP) is 4.28. The summed E-state index contributed by atoms with van der Waals surface area (Å²) in [6, 6.07) is 12.0. The molecule has 132 valence electrons. The minimum absolute atomic E-state index is 0.284. The fourth-order valence-corrected chi connectivity index (χ4v) is 2.87. The minimum atomic E-state index is -0.681. The van der Waals surface area contributed by atoms with Gasteiger partial charge in [0.2, 0.25) is 0 Å². The number of carbonyl (C=O) groups excluding carboxylic acids is 2. The molecule has 0 unspecified atom stereocenters. The summed E-state index contributed by atoms with van der Waals surface area (Å²) in [5.74, 6) is -0.806. The lowest BCUT2D eigenvalue weighted by Crippen LogP contribution is -2.23. The lowest BCUT2D eigenvalue weighted by molar-refractivity contribution is -0.149. The first-order chi connectivity index (χ1) is 12.0. The number of nitrogens with one attached hydrogen (secondary N) is 1. The summed E-state index contributed by atoms with van der Waals surface area (Å²) in [7, 11) is 0. The molecule has 0 heterocycles. The zero-order valence-corrected chi connectivity index (χ0v) is 15.6. The fourth-order valence-electron chi connectivity index (χ4n) is 1.85. The van der Waals surface area contributed by atoms with Gasteiger partial charge in [0.1, 0.15) is 5.75 Å². The molecular weight excluding hydrogens is 385 g/mol. The van der Waals surface area contributed by atoms with Crippen LogP contribution in [0.2, 0.25) is 10.0 Å². The van der Waals surface area contributed by atoms with Crippen LogP contribution in [0.15, 0.2) is 47.4 Å². The molecule has 0 fully saturated rings. The first kappa shape index (κ1) is 19.4. The maximum atomic E-state index is 11.9. The molecule has 0 aromatic heterocycles. The van der Waals surface area contributed by atoms with E-state index in [1.807, 2.05) is 24.5 Å². The smallest absolute Gasteiger partial charge is 0.344 e. The summed E-state index contributed by atoms with van der Waals surface area (Å²) in [6.07, 6.45) is 1.91. The minimum Gasteiger partial charge on any atom is -0.480 e. The van der Waals surface area contributed by atoms with Crippen LogP contribution in [-0.2, 0) is 14.3 Å². The summed E-state index contributed by atoms with van der Waals surface area (Å²) in [5.41, 5.74) is 0.667. The van der Waals surface area contributed by atoms with Crippen molar-refractivity contribution in [1.29, 1.82) is 0 Å². The maximum absolute atomic E-state index is 11.9. The molecule has 1 amide bonds. The van der Waals surface area contributed by atoms with E-state index in [2.05, 4.69) is 5.32 Å². The second kappa shape index (κ2) is 9.56. The average molecular weight is 400 g/mol. The van der Waals surface area contributed by atoms with Crippen molar-refractivity contribution in [3.8, 4) is 5.75 Å². The number of hydrogen-bond donors (Lipinski definition) is 1. The van der Waals surface area contributed by atoms with E-state index in [0.717, 1.165) is 4.90 Å². The second-order valence-electron chi connectivity index (χ2n) is 4.77. The summed E-state index contributed by atoms with van der Waals surface area (Å²) in [4.78, 5) is 24.5. The molecule has 2 aromatic carbocycles. The van der Waals surface area contributed by atoms with Crippen molar-refractivity contribution in [3.63, 3.8) is 0 Å². The SMILES string of the molecule is CSc1ccccc1NC(=O)COC(=O)COc1ccc(Cl)cc1Cl. The molecule has 0 saturated heterocycles. The van der Waals surface area contributed by atoms with Crippen LogP contribution < -0.4 is 10.1 Å². The van der Waals surface area contributed by atoms with E-state index in [-0.39, 0.29) is 11.6 Å². The van der Waals surface area contributed by atoms with Crippen LogP contribution >= 0.6 is 35.0 Å². The molecular formula is C17H15Cl2NO4S. The van der Waals surface area contributed by atoms with Gasteiger partial charge in [-0.25, -0.2) is 4.79 Å². The van der Waals surface area contributed by atoms with E-state index in [4.69, 9.17) is 32.7 Å². The Balaban J connectivity index is 1.78. The first-order valence-electron chi connectivity index (χ1n) is 7.16. The molecule has 0 aliphatic carbocycles. The molecule has 2 aromatic rings. The molecule has 0 radical (unpaired) electrons. The van der Waals surface area contributed by atoms with Gasteiger partial charge >= 0.3 is 5.97 Å². The summed E-state index contributed by atoms with van der Waals surface area (Å²) in [6.45, 7) is -0.769. The Morgan fingerprint density at radius 2 is 1.88 bits per heavy atom. The van der Waals surface area contributed by atoms with E-state index in [1.54, 1.807) is 18.2 Å². The van der Waals surface area contributed by atoms with Gasteiger partial charge < -0.3 is 14.8 Å². The number of hydrogen-bond acceptors (Lipinski definition) is 5. The van der Waals surface area contributed by atoms with Crippen molar-refractivity contribution in [1.82, 2.24) is 0 Å². The van der Waals surface area contributed by atoms with Gasteiger partial charge in [-0.2, -0.15) is 0 Å². The Hall–Kier alpha value is -1.89. The average Bonchev–Trinajstić information content (AvgIpc) is 2.59. The van der Waals surface area contributed by atoms with E-state index in [0.29, 0.717) is 16.5 Å². The number of halogens is 2. The Labute approximate surface area is 159 Å². The third-order valence-corrected chi connectivity index (χ3v) is 4.31. The fraction of sp³-hybridized carbons (Fsp3) is 0.176. The first-order valence-corrected chi connectivity index (χ1v) is 9.14. The third kappa shape index (κ3) is 6.16. The molecule has 0 atom stereocenters. The Kier molecular flexibility index (Phi) is 7.43. The third-order valence-electron chi connectivity index (χ3n) is 2.98. The molecule has 0 saturated carbocycles. The molecule has 1 N–H and O–H groups in total. The molecule has 25 heavy (non-hydrogen) atoms. The number of ether oxygens (including phenoxy) is 2. The lowest BCUT2D eigenvalue weighted by Gasteiger charge is -2.10. The normalized spacial score (nSPS) is 10.2. The van der Waals surface area contributed by atoms with Crippen molar-refractivity contribution >= 4 is 52.5 Å². The standard InChI is InChI=1S/C17H15Cl2NO4S/c1-25-15-5-3-2-4-13(15)20-16(21)9-24-17(22)10-23-14-7-6-11(18)8-12(14)19/h2-8H,9-10H2,1H3,(H,20,21). The monoisotopic (exact) mass is 399 g/mol. The lowest BCUT2D eigenvalue weighted by atomic mass is 10.3. The highest BCUT2D eigenvalue weighted by atomic mass is 35.5. The van der Waals surface area contributed by atoms with Gasteiger partial charge in [0.05, 0.1) is 10.7 Å². The van der Waals surface area contributed by atoms with E-state index >= 15 is 0 Å². The van der Waals surface area contributed by atoms with Crippen LogP contribution in [0.5, 0.6) is 5.75 Å². The van der Waals surface area contributed by atoms with Crippen molar-refractivity contribution in [2.45, 2.75) is 4.90 Å². The van der Waals surface area contributed by atoms with Crippen LogP contribution in [0.3, 0.4) is 0 Å². The summed E-state index contributed by atoms with van der Waals surface area (Å²) in [5, 5.41) is 3.44. The summed E-state index contributed by atoms with van der Waals surface area (Å²) < 4.78 is 10.1. The number of carbonyl (C=O) groups is 2. The molecule has 0 spiro atoms. The molecule has 0 aliphatic heterocycles. The number of esters is 1. The Bertz CT molecular complexity index is 770. The number of amides is 1. The van der Waals surface area contributed by atoms with E-state index in [1.165, 1.54) is 17.8 Å². The van der Waals surface area contributed by atoms with E-state index < -0.39 is 18.5 Å². The zero-order chi connectivity index (χ0) is 18.2. The molecule has 8 heteroatoms. The highest BCUT2D eigenvalue weighted by Crippen LogP contribution is 2.27. The van der Waals surface area contributed by atoms with Crippen molar-refractivity contribution in [2.75, 3.05) is 24.8 Å². The van der Waals surface area contributed by atoms with Gasteiger partial charge in [-0.15, -0.1) is 11.8 Å². The number of thioether (sulfide) groups is 1. The van der Waals surface area contributed by atoms with Crippen LogP contribution in [-0.4, -0.2) is 31.3 Å². The van der Waals surface area contributed by atoms with Gasteiger partial charge in [-0.05, 0) is 36.6 Å². The van der Waals surface area contributed by atoms with Crippen LogP contribution in [0.4, 0.5) is 5.69 Å². The van der Waals surface area contributed by atoms with Gasteiger partial charge in [0, 0.05) is 9.92 Å². The largest absolute Gasteiger partial charge is 0.480 e. The van der Waals surface area contributed by atoms with Crippen molar-refractivity contribution in [2.24, 2.45) is 0 Å². The van der Waals surface area contributed by atoms with E-state index in [9.17, 15) is 9.59 Å². The van der Waals surface area contributed by atoms with Crippen LogP contribution in [0.1, 0.15) is 0 Å². The Morgan fingerprint density at radius 3 is 2.60 bits per heavy atom. The maximum Gasteiger partial charge on any atom is 0.344 e. The number of rotatable bonds is 7. The zero-order valence-electron chi connectivity index (χ0n) is 13.3. The molecule has 0 aliphatic rings.